The molecule has 2 atom stereocenters. The molecule has 23 heavy (non-hydrogen) atoms. The molecule has 1 saturated carbocycles. The molecule has 2 aromatic heterocycles. The standard InChI is InChI=1S/C17H22N4O.ClH/c18-10-12-4-1-2-6-15(12)21-16(22)8-7-13-11-20-17-14(13)5-3-9-19-17;/h3,5,7-9,11-12,15H,1-2,4,6,10,18H2,(H,19,20)(H,21,22);1H/t12-,15-;/m0./s1. The topological polar surface area (TPSA) is 83.8 Å². The Morgan fingerprint density at radius 2 is 2.26 bits per heavy atom. The number of carbonyl (C=O) groups is 1. The van der Waals surface area contributed by atoms with Crippen LogP contribution in [-0.2, 0) is 4.79 Å². The number of hydrogen-bond donors (Lipinski definition) is 3. The summed E-state index contributed by atoms with van der Waals surface area (Å²) in [6.45, 7) is 0.642. The summed E-state index contributed by atoms with van der Waals surface area (Å²) in [5.74, 6) is 0.354. The van der Waals surface area contributed by atoms with Crippen LogP contribution in [0.2, 0.25) is 0 Å². The van der Waals surface area contributed by atoms with Crippen molar-refractivity contribution in [3.63, 3.8) is 0 Å². The van der Waals surface area contributed by atoms with Gasteiger partial charge in [-0.1, -0.05) is 12.8 Å². The molecule has 2 aromatic rings. The van der Waals surface area contributed by atoms with E-state index in [1.54, 1.807) is 12.3 Å². The molecule has 0 aliphatic heterocycles. The van der Waals surface area contributed by atoms with Gasteiger partial charge < -0.3 is 16.0 Å². The van der Waals surface area contributed by atoms with Crippen LogP contribution in [0.3, 0.4) is 0 Å². The summed E-state index contributed by atoms with van der Waals surface area (Å²) in [5, 5.41) is 4.12. The summed E-state index contributed by atoms with van der Waals surface area (Å²) in [7, 11) is 0. The predicted molar refractivity (Wildman–Crippen MR) is 95.3 cm³/mol. The fourth-order valence-corrected chi connectivity index (χ4v) is 3.19. The van der Waals surface area contributed by atoms with E-state index < -0.39 is 0 Å². The molecule has 124 valence electrons. The first-order valence-electron chi connectivity index (χ1n) is 7.88. The van der Waals surface area contributed by atoms with Crippen molar-refractivity contribution >= 4 is 35.4 Å². The van der Waals surface area contributed by atoms with Crippen LogP contribution in [-0.4, -0.2) is 28.5 Å². The normalized spacial score (nSPS) is 21.3. The number of carbonyl (C=O) groups excluding carboxylic acids is 1. The number of rotatable bonds is 4. The van der Waals surface area contributed by atoms with Crippen LogP contribution in [0.15, 0.2) is 30.6 Å². The molecule has 4 N–H and O–H groups in total. The van der Waals surface area contributed by atoms with Crippen LogP contribution < -0.4 is 11.1 Å². The van der Waals surface area contributed by atoms with E-state index in [1.165, 1.54) is 12.8 Å². The van der Waals surface area contributed by atoms with Gasteiger partial charge in [0.25, 0.3) is 0 Å². The molecule has 0 bridgehead atoms. The molecule has 0 radical (unpaired) electrons. The van der Waals surface area contributed by atoms with Crippen molar-refractivity contribution in [3.05, 3.63) is 36.2 Å². The van der Waals surface area contributed by atoms with Gasteiger partial charge in [-0.15, -0.1) is 12.4 Å². The zero-order chi connectivity index (χ0) is 15.4. The SMILES string of the molecule is Cl.NC[C@@H]1CCCC[C@@H]1NC(=O)C=Cc1c[nH]c2ncccc12. The lowest BCUT2D eigenvalue weighted by Gasteiger charge is -2.30. The van der Waals surface area contributed by atoms with Crippen LogP contribution >= 0.6 is 12.4 Å². The van der Waals surface area contributed by atoms with Gasteiger partial charge in [0, 0.05) is 35.5 Å². The van der Waals surface area contributed by atoms with E-state index in [2.05, 4.69) is 15.3 Å². The maximum Gasteiger partial charge on any atom is 0.244 e. The molecule has 0 unspecified atom stereocenters. The largest absolute Gasteiger partial charge is 0.349 e. The quantitative estimate of drug-likeness (QED) is 0.751. The molecule has 3 rings (SSSR count). The van der Waals surface area contributed by atoms with Gasteiger partial charge in [0.15, 0.2) is 0 Å². The van der Waals surface area contributed by atoms with Gasteiger partial charge >= 0.3 is 0 Å². The Kier molecular flexibility index (Phi) is 6.19. The Hall–Kier alpha value is -1.85. The van der Waals surface area contributed by atoms with Crippen molar-refractivity contribution in [2.24, 2.45) is 11.7 Å². The summed E-state index contributed by atoms with van der Waals surface area (Å²) in [5.41, 5.74) is 7.60. The fraction of sp³-hybridized carbons (Fsp3) is 0.412. The van der Waals surface area contributed by atoms with Crippen molar-refractivity contribution in [2.45, 2.75) is 31.7 Å². The number of nitrogens with two attached hydrogens (primary N) is 1. The average molecular weight is 335 g/mol. The first kappa shape index (κ1) is 17.5. The van der Waals surface area contributed by atoms with Gasteiger partial charge in [-0.05, 0) is 43.5 Å². The lowest BCUT2D eigenvalue weighted by molar-refractivity contribution is -0.117. The van der Waals surface area contributed by atoms with Crippen LogP contribution in [0.1, 0.15) is 31.2 Å². The highest BCUT2D eigenvalue weighted by Gasteiger charge is 2.24. The Morgan fingerprint density at radius 3 is 3.09 bits per heavy atom. The van der Waals surface area contributed by atoms with Crippen molar-refractivity contribution in [2.75, 3.05) is 6.54 Å². The maximum absolute atomic E-state index is 12.1. The van der Waals surface area contributed by atoms with Gasteiger partial charge in [-0.25, -0.2) is 4.98 Å². The zero-order valence-corrected chi connectivity index (χ0v) is 13.8. The first-order chi connectivity index (χ1) is 10.8. The average Bonchev–Trinajstić information content (AvgIpc) is 2.97. The van der Waals surface area contributed by atoms with Gasteiger partial charge in [0.05, 0.1) is 0 Å². The predicted octanol–water partition coefficient (Wildman–Crippen LogP) is 2.63. The first-order valence-corrected chi connectivity index (χ1v) is 7.88. The van der Waals surface area contributed by atoms with Crippen molar-refractivity contribution in [3.8, 4) is 0 Å². The van der Waals surface area contributed by atoms with E-state index in [0.29, 0.717) is 12.5 Å². The number of aromatic amines is 1. The third-order valence-corrected chi connectivity index (χ3v) is 4.44. The van der Waals surface area contributed by atoms with E-state index in [4.69, 9.17) is 5.73 Å². The van der Waals surface area contributed by atoms with Gasteiger partial charge in [-0.3, -0.25) is 4.79 Å². The summed E-state index contributed by atoms with van der Waals surface area (Å²) in [4.78, 5) is 19.5. The summed E-state index contributed by atoms with van der Waals surface area (Å²) < 4.78 is 0. The molecule has 0 spiro atoms. The lowest BCUT2D eigenvalue weighted by atomic mass is 9.84. The Bertz CT molecular complexity index is 682. The number of aromatic nitrogens is 2. The molecule has 2 heterocycles. The van der Waals surface area contributed by atoms with Crippen LogP contribution in [0.25, 0.3) is 17.1 Å². The molecule has 1 aliphatic rings. The van der Waals surface area contributed by atoms with E-state index in [9.17, 15) is 4.79 Å². The number of halogens is 1. The number of nitrogens with zero attached hydrogens (tertiary/aromatic N) is 1. The Balaban J connectivity index is 0.00000192. The van der Waals surface area contributed by atoms with Crippen molar-refractivity contribution in [1.82, 2.24) is 15.3 Å². The third-order valence-electron chi connectivity index (χ3n) is 4.44. The Morgan fingerprint density at radius 1 is 1.43 bits per heavy atom. The summed E-state index contributed by atoms with van der Waals surface area (Å²) >= 11 is 0. The molecular formula is C17H23ClN4O. The monoisotopic (exact) mass is 334 g/mol. The number of pyridine rings is 1. The van der Waals surface area contributed by atoms with Crippen LogP contribution in [0.5, 0.6) is 0 Å². The van der Waals surface area contributed by atoms with Gasteiger partial charge in [-0.2, -0.15) is 0 Å². The molecular weight excluding hydrogens is 312 g/mol. The number of nitrogens with one attached hydrogen (secondary N) is 2. The van der Waals surface area contributed by atoms with E-state index in [1.807, 2.05) is 24.4 Å². The van der Waals surface area contributed by atoms with Crippen LogP contribution in [0, 0.1) is 5.92 Å². The van der Waals surface area contributed by atoms with E-state index in [0.717, 1.165) is 29.4 Å². The highest BCUT2D eigenvalue weighted by atomic mass is 35.5. The van der Waals surface area contributed by atoms with Crippen molar-refractivity contribution < 1.29 is 4.79 Å². The smallest absolute Gasteiger partial charge is 0.244 e. The second kappa shape index (κ2) is 8.13. The van der Waals surface area contributed by atoms with Crippen molar-refractivity contribution in [1.29, 1.82) is 0 Å². The molecule has 6 heteroatoms. The third kappa shape index (κ3) is 4.12. The second-order valence-corrected chi connectivity index (χ2v) is 5.87. The zero-order valence-electron chi connectivity index (χ0n) is 13.0. The number of hydrogen-bond acceptors (Lipinski definition) is 3. The van der Waals surface area contributed by atoms with Gasteiger partial charge in [0.2, 0.25) is 5.91 Å². The molecule has 1 fully saturated rings. The number of H-pyrrole nitrogens is 1. The van der Waals surface area contributed by atoms with Crippen LogP contribution in [0.4, 0.5) is 0 Å². The number of amides is 1. The molecule has 1 amide bonds. The number of fused-ring (bicyclic) bond motifs is 1. The van der Waals surface area contributed by atoms with E-state index >= 15 is 0 Å². The summed E-state index contributed by atoms with van der Waals surface area (Å²) in [6, 6.07) is 4.09. The fourth-order valence-electron chi connectivity index (χ4n) is 3.19. The molecule has 1 aliphatic carbocycles. The van der Waals surface area contributed by atoms with Gasteiger partial charge in [0.1, 0.15) is 5.65 Å². The highest BCUT2D eigenvalue weighted by molar-refractivity contribution is 5.95. The molecule has 5 nitrogen and oxygen atoms in total. The lowest BCUT2D eigenvalue weighted by Crippen LogP contribution is -2.44. The minimum absolute atomic E-state index is 0. The molecule has 0 aromatic carbocycles. The Labute approximate surface area is 142 Å². The highest BCUT2D eigenvalue weighted by Crippen LogP contribution is 2.23. The maximum atomic E-state index is 12.1. The molecule has 0 saturated heterocycles. The minimum Gasteiger partial charge on any atom is -0.349 e. The second-order valence-electron chi connectivity index (χ2n) is 5.87. The minimum atomic E-state index is -0.0522. The summed E-state index contributed by atoms with van der Waals surface area (Å²) in [6.07, 6.45) is 11.6. The van der Waals surface area contributed by atoms with E-state index in [-0.39, 0.29) is 24.4 Å².